The first-order valence-corrected chi connectivity index (χ1v) is 7.85. The Morgan fingerprint density at radius 1 is 1.37 bits per heavy atom. The third kappa shape index (κ3) is 3.30. The highest BCUT2D eigenvalue weighted by Gasteiger charge is 2.38. The average molecular weight is 284 g/mol. The molecule has 2 rings (SSSR count). The highest BCUT2D eigenvalue weighted by atomic mass is 32.2. The van der Waals surface area contributed by atoms with E-state index in [-0.39, 0.29) is 17.2 Å². The second-order valence-electron chi connectivity index (χ2n) is 5.09. The number of para-hydroxylation sites is 1. The molecule has 1 heterocycles. The highest BCUT2D eigenvalue weighted by molar-refractivity contribution is 7.91. The number of sulfone groups is 1. The molecule has 0 bridgehead atoms. The molecule has 0 amide bonds. The van der Waals surface area contributed by atoms with Crippen molar-refractivity contribution >= 4 is 15.5 Å². The number of hydrogen-bond donors (Lipinski definition) is 1. The second kappa shape index (κ2) is 4.90. The summed E-state index contributed by atoms with van der Waals surface area (Å²) in [5, 5.41) is 10.9. The molecule has 1 aliphatic rings. The Balaban J connectivity index is 2.10. The van der Waals surface area contributed by atoms with Gasteiger partial charge in [0, 0.05) is 17.2 Å². The van der Waals surface area contributed by atoms with Gasteiger partial charge in [0.15, 0.2) is 9.84 Å². The molecule has 0 spiro atoms. The van der Waals surface area contributed by atoms with E-state index >= 15 is 0 Å². The molecule has 2 N–H and O–H groups in total. The van der Waals surface area contributed by atoms with Gasteiger partial charge in [0.25, 0.3) is 5.69 Å². The summed E-state index contributed by atoms with van der Waals surface area (Å²) < 4.78 is 22.9. The fourth-order valence-corrected chi connectivity index (χ4v) is 4.45. The van der Waals surface area contributed by atoms with Gasteiger partial charge in [-0.05, 0) is 19.3 Å². The van der Waals surface area contributed by atoms with Crippen molar-refractivity contribution in [3.05, 3.63) is 39.9 Å². The van der Waals surface area contributed by atoms with Crippen molar-refractivity contribution in [3.8, 4) is 0 Å². The summed E-state index contributed by atoms with van der Waals surface area (Å²) >= 11 is 0. The summed E-state index contributed by atoms with van der Waals surface area (Å²) in [6, 6.07) is 6.48. The molecule has 1 unspecified atom stereocenters. The molecule has 1 fully saturated rings. The molecule has 7 heteroatoms. The summed E-state index contributed by atoms with van der Waals surface area (Å²) in [6.45, 7) is 0. The molecular formula is C12H16N2O4S. The van der Waals surface area contributed by atoms with Crippen molar-refractivity contribution in [3.63, 3.8) is 0 Å². The summed E-state index contributed by atoms with van der Waals surface area (Å²) in [6.07, 6.45) is 1.29. The normalized spacial score (nSPS) is 25.3. The minimum atomic E-state index is -3.04. The van der Waals surface area contributed by atoms with Gasteiger partial charge >= 0.3 is 0 Å². The number of aryl methyl sites for hydroxylation is 1. The molecule has 0 radical (unpaired) electrons. The zero-order valence-corrected chi connectivity index (χ0v) is 11.2. The van der Waals surface area contributed by atoms with Crippen LogP contribution in [0, 0.1) is 10.1 Å². The summed E-state index contributed by atoms with van der Waals surface area (Å²) in [7, 11) is -3.04. The van der Waals surface area contributed by atoms with E-state index in [2.05, 4.69) is 0 Å². The lowest BCUT2D eigenvalue weighted by Crippen LogP contribution is -2.41. The maximum atomic E-state index is 11.4. The Morgan fingerprint density at radius 2 is 2.05 bits per heavy atom. The number of nitro groups is 1. The van der Waals surface area contributed by atoms with Crippen molar-refractivity contribution in [2.24, 2.45) is 5.73 Å². The van der Waals surface area contributed by atoms with E-state index in [4.69, 9.17) is 5.73 Å². The van der Waals surface area contributed by atoms with Crippen LogP contribution in [-0.2, 0) is 16.3 Å². The smallest absolute Gasteiger partial charge is 0.272 e. The van der Waals surface area contributed by atoms with Crippen molar-refractivity contribution in [1.29, 1.82) is 0 Å². The SMILES string of the molecule is NC1(CCc2ccccc2[N+](=O)[O-])CCS(=O)(=O)C1. The van der Waals surface area contributed by atoms with Gasteiger partial charge in [-0.3, -0.25) is 10.1 Å². The molecule has 0 aromatic heterocycles. The van der Waals surface area contributed by atoms with Crippen molar-refractivity contribution in [2.75, 3.05) is 11.5 Å². The Hall–Kier alpha value is -1.47. The molecule has 19 heavy (non-hydrogen) atoms. The number of nitrogens with two attached hydrogens (primary N) is 1. The van der Waals surface area contributed by atoms with E-state index in [0.29, 0.717) is 24.8 Å². The molecule has 104 valence electrons. The van der Waals surface area contributed by atoms with E-state index in [1.165, 1.54) is 6.07 Å². The third-order valence-corrected chi connectivity index (χ3v) is 5.34. The molecule has 1 aliphatic heterocycles. The maximum absolute atomic E-state index is 11.4. The average Bonchev–Trinajstić information content (AvgIpc) is 2.62. The molecule has 0 saturated carbocycles. The van der Waals surface area contributed by atoms with E-state index in [9.17, 15) is 18.5 Å². The predicted octanol–water partition coefficient (Wildman–Crippen LogP) is 1.04. The number of rotatable bonds is 4. The molecule has 1 saturated heterocycles. The van der Waals surface area contributed by atoms with Gasteiger partial charge in [0.2, 0.25) is 0 Å². The number of nitrogens with zero attached hydrogens (tertiary/aromatic N) is 1. The third-order valence-electron chi connectivity index (χ3n) is 3.50. The lowest BCUT2D eigenvalue weighted by atomic mass is 9.91. The lowest BCUT2D eigenvalue weighted by Gasteiger charge is -2.21. The molecule has 1 atom stereocenters. The molecule has 0 aliphatic carbocycles. The van der Waals surface area contributed by atoms with Gasteiger partial charge in [-0.2, -0.15) is 0 Å². The topological polar surface area (TPSA) is 103 Å². The van der Waals surface area contributed by atoms with Crippen LogP contribution >= 0.6 is 0 Å². The molecule has 1 aromatic rings. The highest BCUT2D eigenvalue weighted by Crippen LogP contribution is 2.28. The van der Waals surface area contributed by atoms with Crippen LogP contribution in [0.2, 0.25) is 0 Å². The van der Waals surface area contributed by atoms with E-state index < -0.39 is 20.3 Å². The quantitative estimate of drug-likeness (QED) is 0.657. The second-order valence-corrected chi connectivity index (χ2v) is 7.27. The van der Waals surface area contributed by atoms with Gasteiger partial charge in [0.1, 0.15) is 0 Å². The van der Waals surface area contributed by atoms with Crippen LogP contribution in [0.4, 0.5) is 5.69 Å². The van der Waals surface area contributed by atoms with Gasteiger partial charge in [-0.15, -0.1) is 0 Å². The van der Waals surface area contributed by atoms with Crippen LogP contribution in [0.3, 0.4) is 0 Å². The van der Waals surface area contributed by atoms with Crippen LogP contribution < -0.4 is 5.73 Å². The molecule has 1 aromatic carbocycles. The Labute approximate surface area is 111 Å². The van der Waals surface area contributed by atoms with E-state index in [1.54, 1.807) is 18.2 Å². The van der Waals surface area contributed by atoms with E-state index in [0.717, 1.165) is 0 Å². The Morgan fingerprint density at radius 3 is 2.63 bits per heavy atom. The first kappa shape index (κ1) is 14.0. The zero-order valence-electron chi connectivity index (χ0n) is 10.4. The predicted molar refractivity (Wildman–Crippen MR) is 71.6 cm³/mol. The Kier molecular flexibility index (Phi) is 3.60. The Bertz CT molecular complexity index is 600. The number of benzene rings is 1. The molecular weight excluding hydrogens is 268 g/mol. The first-order valence-electron chi connectivity index (χ1n) is 6.03. The van der Waals surface area contributed by atoms with Gasteiger partial charge in [-0.25, -0.2) is 8.42 Å². The number of nitro benzene ring substituents is 1. The van der Waals surface area contributed by atoms with Crippen molar-refractivity contribution in [1.82, 2.24) is 0 Å². The van der Waals surface area contributed by atoms with Crippen LogP contribution in [-0.4, -0.2) is 30.4 Å². The summed E-state index contributed by atoms with van der Waals surface area (Å²) in [5.41, 5.74) is 5.97. The summed E-state index contributed by atoms with van der Waals surface area (Å²) in [4.78, 5) is 10.5. The van der Waals surface area contributed by atoms with Crippen LogP contribution in [0.5, 0.6) is 0 Å². The zero-order chi connectivity index (χ0) is 14.1. The van der Waals surface area contributed by atoms with Gasteiger partial charge in [-0.1, -0.05) is 18.2 Å². The standard InChI is InChI=1S/C12H16N2O4S/c13-12(7-8-19(17,18)9-12)6-5-10-3-1-2-4-11(10)14(15)16/h1-4H,5-9,13H2. The number of hydrogen-bond acceptors (Lipinski definition) is 5. The fourth-order valence-electron chi connectivity index (χ4n) is 2.42. The maximum Gasteiger partial charge on any atom is 0.272 e. The molecule has 6 nitrogen and oxygen atoms in total. The lowest BCUT2D eigenvalue weighted by molar-refractivity contribution is -0.385. The van der Waals surface area contributed by atoms with Gasteiger partial charge in [0.05, 0.1) is 16.4 Å². The van der Waals surface area contributed by atoms with Crippen LogP contribution in [0.1, 0.15) is 18.4 Å². The van der Waals surface area contributed by atoms with Crippen molar-refractivity contribution in [2.45, 2.75) is 24.8 Å². The van der Waals surface area contributed by atoms with Crippen LogP contribution in [0.25, 0.3) is 0 Å². The largest absolute Gasteiger partial charge is 0.324 e. The van der Waals surface area contributed by atoms with Crippen LogP contribution in [0.15, 0.2) is 24.3 Å². The van der Waals surface area contributed by atoms with Gasteiger partial charge < -0.3 is 5.73 Å². The fraction of sp³-hybridized carbons (Fsp3) is 0.500. The van der Waals surface area contributed by atoms with E-state index in [1.807, 2.05) is 0 Å². The minimum Gasteiger partial charge on any atom is -0.324 e. The van der Waals surface area contributed by atoms with Crippen molar-refractivity contribution < 1.29 is 13.3 Å². The first-order chi connectivity index (χ1) is 8.81. The summed E-state index contributed by atoms with van der Waals surface area (Å²) in [5.74, 6) is 0.0843. The minimum absolute atomic E-state index is 0.0272. The monoisotopic (exact) mass is 284 g/mol.